The Bertz CT molecular complexity index is 787. The number of nitrogens with zero attached hydrogens (tertiary/aromatic N) is 2. The summed E-state index contributed by atoms with van der Waals surface area (Å²) >= 11 is 0. The Morgan fingerprint density at radius 3 is 2.70 bits per heavy atom. The maximum absolute atomic E-state index is 11.9. The molecule has 0 aromatic heterocycles. The lowest BCUT2D eigenvalue weighted by Gasteiger charge is -2.17. The molecule has 0 fully saturated rings. The molecule has 0 saturated carbocycles. The molecule has 0 aliphatic rings. The fourth-order valence-corrected chi connectivity index (χ4v) is 2.84. The van der Waals surface area contributed by atoms with Crippen LogP contribution in [0.5, 0.6) is 0 Å². The average molecular weight is 367 g/mol. The molecule has 0 bridgehead atoms. The van der Waals surface area contributed by atoms with Crippen molar-refractivity contribution in [1.82, 2.24) is 5.43 Å². The molecule has 2 rings (SSSR count). The Morgan fingerprint density at radius 1 is 1.26 bits per heavy atom. The summed E-state index contributed by atoms with van der Waals surface area (Å²) in [4.78, 5) is 16.1. The molecule has 27 heavy (non-hydrogen) atoms. The van der Waals surface area contributed by atoms with Crippen LogP contribution in [-0.2, 0) is 16.0 Å². The van der Waals surface area contributed by atoms with E-state index in [2.05, 4.69) is 15.5 Å². The molecule has 0 saturated heterocycles. The van der Waals surface area contributed by atoms with Gasteiger partial charge in [0.1, 0.15) is 6.34 Å². The Labute approximate surface area is 159 Å². The van der Waals surface area contributed by atoms with Gasteiger partial charge in [-0.25, -0.2) is 10.8 Å². The van der Waals surface area contributed by atoms with Crippen molar-refractivity contribution in [2.24, 2.45) is 21.8 Å². The van der Waals surface area contributed by atoms with Crippen LogP contribution in [0.2, 0.25) is 0 Å². The average Bonchev–Trinajstić information content (AvgIpc) is 2.70. The van der Waals surface area contributed by atoms with E-state index in [-0.39, 0.29) is 11.9 Å². The highest BCUT2D eigenvalue weighted by Crippen LogP contribution is 2.28. The van der Waals surface area contributed by atoms with Crippen LogP contribution in [0.4, 0.5) is 5.69 Å². The zero-order valence-electron chi connectivity index (χ0n) is 15.3. The summed E-state index contributed by atoms with van der Waals surface area (Å²) in [5.74, 6) is 10.2. The van der Waals surface area contributed by atoms with Gasteiger partial charge in [0.2, 0.25) is 0 Å². The summed E-state index contributed by atoms with van der Waals surface area (Å²) in [7, 11) is 1.41. The van der Waals surface area contributed by atoms with Crippen molar-refractivity contribution >= 4 is 24.2 Å². The molecule has 0 aliphatic carbocycles. The number of hydrazine groups is 1. The minimum Gasteiger partial charge on any atom is -0.469 e. The number of hydrazone groups is 1. The Morgan fingerprint density at radius 2 is 2.04 bits per heavy atom. The van der Waals surface area contributed by atoms with Crippen molar-refractivity contribution in [2.45, 2.75) is 25.2 Å². The third kappa shape index (κ3) is 6.56. The standard InChI is InChI=1S/C20H25N5O2/c1-27-20(26)12-18(17-3-2-4-19(11-17)23-14-25-22)10-9-15-5-7-16(8-6-15)13-24-21/h2-8,11,13-14,18H,9-10,12,21-22H2,1H3,(H,23,25). The van der Waals surface area contributed by atoms with Crippen LogP contribution in [0.15, 0.2) is 58.6 Å². The molecule has 0 spiro atoms. The highest BCUT2D eigenvalue weighted by Gasteiger charge is 2.17. The first-order valence-corrected chi connectivity index (χ1v) is 8.64. The Balaban J connectivity index is 2.14. The summed E-state index contributed by atoms with van der Waals surface area (Å²) in [5.41, 5.74) is 6.32. The van der Waals surface area contributed by atoms with Crippen LogP contribution < -0.4 is 17.1 Å². The number of hydrogen-bond acceptors (Lipinski definition) is 6. The van der Waals surface area contributed by atoms with E-state index in [1.807, 2.05) is 48.5 Å². The first-order valence-electron chi connectivity index (χ1n) is 8.64. The molecule has 5 N–H and O–H groups in total. The van der Waals surface area contributed by atoms with Crippen molar-refractivity contribution < 1.29 is 9.53 Å². The SMILES string of the molecule is COC(=O)CC(CCc1ccc(C=NN)cc1)c1cccc(N=CNN)c1. The number of nitrogens with two attached hydrogens (primary N) is 2. The van der Waals surface area contributed by atoms with Gasteiger partial charge < -0.3 is 16.0 Å². The number of esters is 1. The number of aryl methyl sites for hydroxylation is 1. The van der Waals surface area contributed by atoms with E-state index in [9.17, 15) is 4.79 Å². The summed E-state index contributed by atoms with van der Waals surface area (Å²) in [6, 6.07) is 15.8. The van der Waals surface area contributed by atoms with Gasteiger partial charge in [-0.05, 0) is 47.6 Å². The van der Waals surface area contributed by atoms with Gasteiger partial charge in [0, 0.05) is 0 Å². The maximum atomic E-state index is 11.9. The van der Waals surface area contributed by atoms with Gasteiger partial charge >= 0.3 is 5.97 Å². The van der Waals surface area contributed by atoms with Gasteiger partial charge in [-0.1, -0.05) is 36.4 Å². The first-order chi connectivity index (χ1) is 13.2. The predicted molar refractivity (Wildman–Crippen MR) is 108 cm³/mol. The highest BCUT2D eigenvalue weighted by molar-refractivity contribution is 5.79. The van der Waals surface area contributed by atoms with Crippen molar-refractivity contribution in [1.29, 1.82) is 0 Å². The predicted octanol–water partition coefficient (Wildman–Crippen LogP) is 2.38. The zero-order chi connectivity index (χ0) is 19.5. The second-order valence-electron chi connectivity index (χ2n) is 6.06. The molecule has 2 aromatic rings. The van der Waals surface area contributed by atoms with Gasteiger partial charge in [0.25, 0.3) is 0 Å². The summed E-state index contributed by atoms with van der Waals surface area (Å²) in [6.07, 6.45) is 4.98. The molecule has 0 amide bonds. The van der Waals surface area contributed by atoms with Crippen LogP contribution in [0, 0.1) is 0 Å². The van der Waals surface area contributed by atoms with Gasteiger partial charge in [0.15, 0.2) is 0 Å². The van der Waals surface area contributed by atoms with E-state index < -0.39 is 0 Å². The topological polar surface area (TPSA) is 115 Å². The highest BCUT2D eigenvalue weighted by atomic mass is 16.5. The van der Waals surface area contributed by atoms with Gasteiger partial charge in [-0.2, -0.15) is 5.10 Å². The number of carbonyl (C=O) groups is 1. The van der Waals surface area contributed by atoms with Crippen molar-refractivity contribution in [2.75, 3.05) is 7.11 Å². The van der Waals surface area contributed by atoms with Crippen LogP contribution in [0.1, 0.15) is 35.4 Å². The summed E-state index contributed by atoms with van der Waals surface area (Å²) in [5, 5.41) is 3.52. The number of aliphatic imine (C=N–C) groups is 1. The molecular weight excluding hydrogens is 342 g/mol. The third-order valence-electron chi connectivity index (χ3n) is 4.26. The molecule has 142 valence electrons. The van der Waals surface area contributed by atoms with E-state index in [1.165, 1.54) is 19.0 Å². The van der Waals surface area contributed by atoms with E-state index in [4.69, 9.17) is 16.4 Å². The van der Waals surface area contributed by atoms with Crippen molar-refractivity contribution in [3.8, 4) is 0 Å². The molecule has 0 radical (unpaired) electrons. The van der Waals surface area contributed by atoms with E-state index in [0.29, 0.717) is 6.42 Å². The maximum Gasteiger partial charge on any atom is 0.306 e. The van der Waals surface area contributed by atoms with Crippen molar-refractivity contribution in [3.05, 3.63) is 65.2 Å². The fraction of sp³-hybridized carbons (Fsp3) is 0.250. The lowest BCUT2D eigenvalue weighted by Crippen LogP contribution is -2.18. The number of carbonyl (C=O) groups excluding carboxylic acids is 1. The second-order valence-corrected chi connectivity index (χ2v) is 6.06. The lowest BCUT2D eigenvalue weighted by atomic mass is 9.89. The first kappa shape index (κ1) is 20.1. The number of benzene rings is 2. The van der Waals surface area contributed by atoms with E-state index in [0.717, 1.165) is 29.7 Å². The zero-order valence-corrected chi connectivity index (χ0v) is 15.3. The van der Waals surface area contributed by atoms with Gasteiger partial charge in [-0.3, -0.25) is 4.79 Å². The number of nitrogens with one attached hydrogen (secondary N) is 1. The minimum absolute atomic E-state index is 0.0312. The Hall–Kier alpha value is -3.19. The lowest BCUT2D eigenvalue weighted by molar-refractivity contribution is -0.141. The number of hydrogen-bond donors (Lipinski definition) is 3. The number of methoxy groups -OCH3 is 1. The number of ether oxygens (including phenoxy) is 1. The van der Waals surface area contributed by atoms with Crippen LogP contribution >= 0.6 is 0 Å². The number of rotatable bonds is 9. The quantitative estimate of drug-likeness (QED) is 0.207. The second kappa shape index (κ2) is 10.7. The van der Waals surface area contributed by atoms with Gasteiger partial charge in [0.05, 0.1) is 25.4 Å². The normalized spacial score (nSPS) is 12.4. The minimum atomic E-state index is -0.230. The van der Waals surface area contributed by atoms with Crippen LogP contribution in [0.3, 0.4) is 0 Å². The molecule has 0 aliphatic heterocycles. The van der Waals surface area contributed by atoms with E-state index in [1.54, 1.807) is 6.21 Å². The molecule has 7 nitrogen and oxygen atoms in total. The molecule has 7 heteroatoms. The van der Waals surface area contributed by atoms with E-state index >= 15 is 0 Å². The molecule has 1 atom stereocenters. The third-order valence-corrected chi connectivity index (χ3v) is 4.26. The van der Waals surface area contributed by atoms with Crippen LogP contribution in [0.25, 0.3) is 0 Å². The molecule has 0 heterocycles. The Kier molecular flexibility index (Phi) is 7.99. The fourth-order valence-electron chi connectivity index (χ4n) is 2.84. The molecule has 1 unspecified atom stereocenters. The van der Waals surface area contributed by atoms with Gasteiger partial charge in [-0.15, -0.1) is 0 Å². The molecule has 2 aromatic carbocycles. The van der Waals surface area contributed by atoms with Crippen molar-refractivity contribution in [3.63, 3.8) is 0 Å². The smallest absolute Gasteiger partial charge is 0.306 e. The van der Waals surface area contributed by atoms with Crippen LogP contribution in [-0.4, -0.2) is 25.6 Å². The monoisotopic (exact) mass is 367 g/mol. The largest absolute Gasteiger partial charge is 0.469 e. The summed E-state index contributed by atoms with van der Waals surface area (Å²) < 4.78 is 4.87. The summed E-state index contributed by atoms with van der Waals surface area (Å²) in [6.45, 7) is 0. The molecular formula is C20H25N5O2.